The lowest BCUT2D eigenvalue weighted by molar-refractivity contribution is -0.158. The van der Waals surface area contributed by atoms with Crippen LogP contribution in [0, 0.1) is 5.92 Å². The summed E-state index contributed by atoms with van der Waals surface area (Å²) in [6.45, 7) is 0.299. The molecule has 0 aromatic rings. The van der Waals surface area contributed by atoms with Crippen LogP contribution in [0.2, 0.25) is 0 Å². The Kier molecular flexibility index (Phi) is 4.45. The monoisotopic (exact) mass is 268 g/mol. The van der Waals surface area contributed by atoms with Gasteiger partial charge in [-0.2, -0.15) is 0 Å². The summed E-state index contributed by atoms with van der Waals surface area (Å²) in [4.78, 5) is 27.3. The molecule has 3 unspecified atom stereocenters. The summed E-state index contributed by atoms with van der Waals surface area (Å²) in [5.74, 6) is -0.374. The van der Waals surface area contributed by atoms with Gasteiger partial charge in [-0.1, -0.05) is 12.8 Å². The van der Waals surface area contributed by atoms with E-state index in [4.69, 9.17) is 0 Å². The number of carbonyl (C=O) groups excluding carboxylic acids is 1. The highest BCUT2D eigenvalue weighted by Crippen LogP contribution is 2.38. The maximum Gasteiger partial charge on any atom is 0.326 e. The molecule has 0 bridgehead atoms. The Hall–Kier alpha value is -1.10. The lowest BCUT2D eigenvalue weighted by atomic mass is 9.76. The predicted octanol–water partition coefficient (Wildman–Crippen LogP) is 1.18. The number of hydrogen-bond donors (Lipinski definition) is 1. The zero-order chi connectivity index (χ0) is 14.0. The van der Waals surface area contributed by atoms with Crippen molar-refractivity contribution in [3.63, 3.8) is 0 Å². The third kappa shape index (κ3) is 3.08. The van der Waals surface area contributed by atoms with Crippen molar-refractivity contribution in [3.8, 4) is 0 Å². The van der Waals surface area contributed by atoms with E-state index in [1.165, 1.54) is 6.42 Å². The SMILES string of the molecule is CN(C)CC(=O)N1C(C(=O)O)CCC2CCCCC21. The Labute approximate surface area is 114 Å². The lowest BCUT2D eigenvalue weighted by Gasteiger charge is -2.47. The summed E-state index contributed by atoms with van der Waals surface area (Å²) >= 11 is 0. The molecule has 1 aliphatic heterocycles. The van der Waals surface area contributed by atoms with Crippen LogP contribution in [0.1, 0.15) is 38.5 Å². The number of rotatable bonds is 3. The Bertz CT molecular complexity index is 357. The van der Waals surface area contributed by atoms with Crippen molar-refractivity contribution in [1.29, 1.82) is 0 Å². The smallest absolute Gasteiger partial charge is 0.326 e. The fourth-order valence-corrected chi connectivity index (χ4v) is 3.59. The zero-order valence-electron chi connectivity index (χ0n) is 11.8. The van der Waals surface area contributed by atoms with Crippen molar-refractivity contribution >= 4 is 11.9 Å². The number of piperidine rings is 1. The second-order valence-electron chi connectivity index (χ2n) is 6.08. The maximum atomic E-state index is 12.4. The fraction of sp³-hybridized carbons (Fsp3) is 0.857. The minimum Gasteiger partial charge on any atom is -0.480 e. The molecule has 0 spiro atoms. The summed E-state index contributed by atoms with van der Waals surface area (Å²) in [5.41, 5.74) is 0. The van der Waals surface area contributed by atoms with Gasteiger partial charge in [0, 0.05) is 6.04 Å². The molecule has 1 amide bonds. The van der Waals surface area contributed by atoms with Crippen LogP contribution in [0.5, 0.6) is 0 Å². The first-order chi connectivity index (χ1) is 9.00. The second-order valence-corrected chi connectivity index (χ2v) is 6.08. The van der Waals surface area contributed by atoms with Crippen LogP contribution < -0.4 is 0 Å². The van der Waals surface area contributed by atoms with Crippen LogP contribution in [0.15, 0.2) is 0 Å². The third-order valence-corrected chi connectivity index (χ3v) is 4.40. The Morgan fingerprint density at radius 1 is 1.16 bits per heavy atom. The molecule has 5 heteroatoms. The first-order valence-corrected chi connectivity index (χ1v) is 7.19. The molecule has 2 rings (SSSR count). The van der Waals surface area contributed by atoms with Crippen molar-refractivity contribution in [2.24, 2.45) is 5.92 Å². The minimum atomic E-state index is -0.851. The summed E-state index contributed by atoms with van der Waals surface area (Å²) in [7, 11) is 3.69. The molecule has 5 nitrogen and oxygen atoms in total. The molecule has 1 saturated carbocycles. The van der Waals surface area contributed by atoms with Crippen molar-refractivity contribution in [3.05, 3.63) is 0 Å². The van der Waals surface area contributed by atoms with E-state index in [0.29, 0.717) is 18.9 Å². The Morgan fingerprint density at radius 2 is 1.84 bits per heavy atom. The van der Waals surface area contributed by atoms with Crippen LogP contribution in [-0.4, -0.2) is 59.5 Å². The van der Waals surface area contributed by atoms with Crippen molar-refractivity contribution in [2.45, 2.75) is 50.6 Å². The highest BCUT2D eigenvalue weighted by atomic mass is 16.4. The molecule has 1 aliphatic carbocycles. The second kappa shape index (κ2) is 5.90. The standard InChI is InChI=1S/C14H24N2O3/c1-15(2)9-13(17)16-11-6-4-3-5-10(11)7-8-12(16)14(18)19/h10-12H,3-9H2,1-2H3,(H,18,19). The van der Waals surface area contributed by atoms with E-state index < -0.39 is 12.0 Å². The van der Waals surface area contributed by atoms with E-state index in [0.717, 1.165) is 25.7 Å². The number of carboxylic acids is 1. The number of likely N-dealkylation sites (tertiary alicyclic amines) is 1. The van der Waals surface area contributed by atoms with Gasteiger partial charge in [-0.3, -0.25) is 4.79 Å². The first-order valence-electron chi connectivity index (χ1n) is 7.19. The molecular formula is C14H24N2O3. The molecule has 1 heterocycles. The van der Waals surface area contributed by atoms with Crippen molar-refractivity contribution < 1.29 is 14.7 Å². The number of aliphatic carboxylic acids is 1. The Balaban J connectivity index is 2.18. The molecule has 0 aromatic heterocycles. The highest BCUT2D eigenvalue weighted by molar-refractivity contribution is 5.85. The number of hydrogen-bond acceptors (Lipinski definition) is 3. The number of carboxylic acid groups (broad SMARTS) is 1. The van der Waals surface area contributed by atoms with E-state index in [1.54, 1.807) is 4.90 Å². The molecule has 2 aliphatic rings. The van der Waals surface area contributed by atoms with E-state index in [-0.39, 0.29) is 11.9 Å². The van der Waals surface area contributed by atoms with Gasteiger partial charge in [0.05, 0.1) is 6.54 Å². The summed E-state index contributed by atoms with van der Waals surface area (Å²) in [6, 6.07) is -0.470. The lowest BCUT2D eigenvalue weighted by Crippen LogP contribution is -2.58. The van der Waals surface area contributed by atoms with Crippen LogP contribution in [0.4, 0.5) is 0 Å². The average molecular weight is 268 g/mol. The van der Waals surface area contributed by atoms with Crippen LogP contribution in [0.3, 0.4) is 0 Å². The van der Waals surface area contributed by atoms with Gasteiger partial charge < -0.3 is 14.9 Å². The molecule has 2 fully saturated rings. The molecule has 108 valence electrons. The number of likely N-dealkylation sites (N-methyl/N-ethyl adjacent to an activating group) is 1. The molecular weight excluding hydrogens is 244 g/mol. The Morgan fingerprint density at radius 3 is 2.47 bits per heavy atom. The van der Waals surface area contributed by atoms with Gasteiger partial charge in [0.15, 0.2) is 0 Å². The topological polar surface area (TPSA) is 60.9 Å². The summed E-state index contributed by atoms with van der Waals surface area (Å²) in [6.07, 6.45) is 5.99. The average Bonchev–Trinajstić information content (AvgIpc) is 2.36. The molecule has 3 atom stereocenters. The normalized spacial score (nSPS) is 31.1. The molecule has 19 heavy (non-hydrogen) atoms. The maximum absolute atomic E-state index is 12.4. The van der Waals surface area contributed by atoms with Gasteiger partial charge in [0.2, 0.25) is 5.91 Å². The molecule has 0 aromatic carbocycles. The van der Waals surface area contributed by atoms with Crippen molar-refractivity contribution in [2.75, 3.05) is 20.6 Å². The minimum absolute atomic E-state index is 0.0333. The van der Waals surface area contributed by atoms with Gasteiger partial charge in [-0.25, -0.2) is 4.79 Å². The van der Waals surface area contributed by atoms with Crippen LogP contribution in [-0.2, 0) is 9.59 Å². The number of carbonyl (C=O) groups is 2. The van der Waals surface area contributed by atoms with Gasteiger partial charge in [-0.15, -0.1) is 0 Å². The van der Waals surface area contributed by atoms with Crippen LogP contribution in [0.25, 0.3) is 0 Å². The van der Waals surface area contributed by atoms with Gasteiger partial charge >= 0.3 is 5.97 Å². The summed E-state index contributed by atoms with van der Waals surface area (Å²) in [5, 5.41) is 9.37. The van der Waals surface area contributed by atoms with Gasteiger partial charge in [0.25, 0.3) is 0 Å². The van der Waals surface area contributed by atoms with E-state index in [9.17, 15) is 14.7 Å². The number of amides is 1. The zero-order valence-corrected chi connectivity index (χ0v) is 11.8. The molecule has 0 radical (unpaired) electrons. The summed E-state index contributed by atoms with van der Waals surface area (Å²) < 4.78 is 0. The van der Waals surface area contributed by atoms with E-state index >= 15 is 0 Å². The largest absolute Gasteiger partial charge is 0.480 e. The van der Waals surface area contributed by atoms with E-state index in [1.807, 2.05) is 19.0 Å². The van der Waals surface area contributed by atoms with E-state index in [2.05, 4.69) is 0 Å². The predicted molar refractivity (Wildman–Crippen MR) is 71.8 cm³/mol. The third-order valence-electron chi connectivity index (χ3n) is 4.40. The quantitative estimate of drug-likeness (QED) is 0.835. The first kappa shape index (κ1) is 14.3. The van der Waals surface area contributed by atoms with Gasteiger partial charge in [0.1, 0.15) is 6.04 Å². The molecule has 1 saturated heterocycles. The van der Waals surface area contributed by atoms with Crippen LogP contribution >= 0.6 is 0 Å². The van der Waals surface area contributed by atoms with Gasteiger partial charge in [-0.05, 0) is 45.7 Å². The highest BCUT2D eigenvalue weighted by Gasteiger charge is 2.43. The number of fused-ring (bicyclic) bond motifs is 1. The number of nitrogens with zero attached hydrogens (tertiary/aromatic N) is 2. The fourth-order valence-electron chi connectivity index (χ4n) is 3.59. The molecule has 1 N–H and O–H groups in total. The van der Waals surface area contributed by atoms with Crippen molar-refractivity contribution in [1.82, 2.24) is 9.80 Å².